The van der Waals surface area contributed by atoms with Crippen LogP contribution in [0, 0.1) is 13.8 Å². The molecule has 5 heteroatoms. The number of aromatic nitrogens is 3. The lowest BCUT2D eigenvalue weighted by molar-refractivity contribution is -0.132. The molecule has 1 amide bonds. The van der Waals surface area contributed by atoms with Crippen molar-refractivity contribution in [2.75, 3.05) is 6.54 Å². The van der Waals surface area contributed by atoms with Crippen molar-refractivity contribution >= 4 is 16.8 Å². The van der Waals surface area contributed by atoms with Gasteiger partial charge in [0.15, 0.2) is 0 Å². The van der Waals surface area contributed by atoms with Crippen molar-refractivity contribution in [2.24, 2.45) is 7.05 Å². The molecule has 0 bridgehead atoms. The first-order valence-corrected chi connectivity index (χ1v) is 8.90. The Morgan fingerprint density at radius 3 is 2.84 bits per heavy atom. The molecule has 0 spiro atoms. The molecule has 1 N–H and O–H groups in total. The summed E-state index contributed by atoms with van der Waals surface area (Å²) in [7, 11) is 1.96. The summed E-state index contributed by atoms with van der Waals surface area (Å²) >= 11 is 0. The van der Waals surface area contributed by atoms with Crippen molar-refractivity contribution < 1.29 is 4.79 Å². The Morgan fingerprint density at radius 2 is 2.08 bits per heavy atom. The highest BCUT2D eigenvalue weighted by Gasteiger charge is 2.24. The van der Waals surface area contributed by atoms with Gasteiger partial charge in [0.25, 0.3) is 0 Å². The van der Waals surface area contributed by atoms with E-state index in [2.05, 4.69) is 35.2 Å². The number of hydrogen-bond donors (Lipinski definition) is 1. The Hall–Kier alpha value is -2.56. The fourth-order valence-corrected chi connectivity index (χ4v) is 3.95. The summed E-state index contributed by atoms with van der Waals surface area (Å²) in [4.78, 5) is 18.3. The van der Waals surface area contributed by atoms with Crippen LogP contribution in [0.25, 0.3) is 10.9 Å². The number of hydrogen-bond acceptors (Lipinski definition) is 2. The summed E-state index contributed by atoms with van der Waals surface area (Å²) in [5, 5.41) is 5.69. The van der Waals surface area contributed by atoms with Gasteiger partial charge >= 0.3 is 0 Å². The highest BCUT2D eigenvalue weighted by atomic mass is 16.2. The van der Waals surface area contributed by atoms with Crippen LogP contribution in [0.15, 0.2) is 24.3 Å². The number of H-pyrrole nitrogens is 1. The number of carbonyl (C=O) groups excluding carboxylic acids is 1. The van der Waals surface area contributed by atoms with E-state index >= 15 is 0 Å². The van der Waals surface area contributed by atoms with Crippen molar-refractivity contribution in [3.63, 3.8) is 0 Å². The minimum Gasteiger partial charge on any atom is -0.358 e. The molecular weight excluding hydrogens is 312 g/mol. The second kappa shape index (κ2) is 6.06. The Morgan fingerprint density at radius 1 is 1.28 bits per heavy atom. The minimum atomic E-state index is 0.235. The van der Waals surface area contributed by atoms with Crippen LogP contribution in [-0.2, 0) is 31.2 Å². The normalized spacial score (nSPS) is 14.1. The summed E-state index contributed by atoms with van der Waals surface area (Å²) < 4.78 is 1.90. The van der Waals surface area contributed by atoms with Crippen LogP contribution >= 0.6 is 0 Å². The van der Waals surface area contributed by atoms with Gasteiger partial charge in [-0.05, 0) is 31.9 Å². The number of nitrogens with zero attached hydrogens (tertiary/aromatic N) is 3. The molecule has 1 aliphatic heterocycles. The molecule has 1 aliphatic rings. The SMILES string of the molecule is Cc1nn(C)c(C)c1CCC(=O)N1CCc2[nH]c3ccccc3c2C1. The van der Waals surface area contributed by atoms with Crippen molar-refractivity contribution in [2.45, 2.75) is 39.7 Å². The number of rotatable bonds is 3. The summed E-state index contributed by atoms with van der Waals surface area (Å²) in [5.41, 5.74) is 7.13. The molecule has 25 heavy (non-hydrogen) atoms. The zero-order valence-corrected chi connectivity index (χ0v) is 15.1. The van der Waals surface area contributed by atoms with E-state index in [9.17, 15) is 4.79 Å². The second-order valence-corrected chi connectivity index (χ2v) is 6.97. The van der Waals surface area contributed by atoms with E-state index in [1.54, 1.807) is 0 Å². The highest BCUT2D eigenvalue weighted by molar-refractivity contribution is 5.86. The van der Waals surface area contributed by atoms with Crippen LogP contribution < -0.4 is 0 Å². The first-order valence-electron chi connectivity index (χ1n) is 8.90. The summed E-state index contributed by atoms with van der Waals surface area (Å²) in [6, 6.07) is 8.35. The van der Waals surface area contributed by atoms with Gasteiger partial charge < -0.3 is 9.88 Å². The molecule has 0 saturated heterocycles. The topological polar surface area (TPSA) is 53.9 Å². The third-order valence-corrected chi connectivity index (χ3v) is 5.48. The Kier molecular flexibility index (Phi) is 3.86. The maximum atomic E-state index is 12.8. The van der Waals surface area contributed by atoms with Crippen LogP contribution in [0.4, 0.5) is 0 Å². The third kappa shape index (κ3) is 2.73. The van der Waals surface area contributed by atoms with Gasteiger partial charge in [-0.15, -0.1) is 0 Å². The maximum Gasteiger partial charge on any atom is 0.223 e. The van der Waals surface area contributed by atoms with Gasteiger partial charge in [0.2, 0.25) is 5.91 Å². The number of fused-ring (bicyclic) bond motifs is 3. The zero-order chi connectivity index (χ0) is 17.6. The smallest absolute Gasteiger partial charge is 0.223 e. The fourth-order valence-electron chi connectivity index (χ4n) is 3.95. The molecule has 0 aliphatic carbocycles. The maximum absolute atomic E-state index is 12.8. The third-order valence-electron chi connectivity index (χ3n) is 5.48. The number of aromatic amines is 1. The van der Waals surface area contributed by atoms with Crippen molar-refractivity contribution in [3.05, 3.63) is 52.5 Å². The van der Waals surface area contributed by atoms with Crippen molar-refractivity contribution in [1.29, 1.82) is 0 Å². The van der Waals surface area contributed by atoms with Crippen LogP contribution in [0.3, 0.4) is 0 Å². The number of amides is 1. The average molecular weight is 336 g/mol. The standard InChI is InChI=1S/C20H24N4O/c1-13-15(14(2)23(3)22-13)8-9-20(25)24-11-10-19-17(12-24)16-6-4-5-7-18(16)21-19/h4-7,21H,8-12H2,1-3H3. The number of benzene rings is 1. The molecule has 0 unspecified atom stereocenters. The largest absolute Gasteiger partial charge is 0.358 e. The first-order chi connectivity index (χ1) is 12.0. The molecule has 3 heterocycles. The van der Waals surface area contributed by atoms with Gasteiger partial charge in [-0.3, -0.25) is 9.48 Å². The van der Waals surface area contributed by atoms with E-state index < -0.39 is 0 Å². The van der Waals surface area contributed by atoms with Crippen LogP contribution in [-0.4, -0.2) is 32.1 Å². The molecule has 0 radical (unpaired) electrons. The van der Waals surface area contributed by atoms with Gasteiger partial charge in [-0.2, -0.15) is 5.10 Å². The van der Waals surface area contributed by atoms with Crippen LogP contribution in [0.2, 0.25) is 0 Å². The number of nitrogens with one attached hydrogen (secondary N) is 1. The Bertz CT molecular complexity index is 950. The lowest BCUT2D eigenvalue weighted by Crippen LogP contribution is -2.35. The molecule has 0 fully saturated rings. The molecule has 0 saturated carbocycles. The van der Waals surface area contributed by atoms with Gasteiger partial charge in [0.1, 0.15) is 0 Å². The quantitative estimate of drug-likeness (QED) is 0.799. The van der Waals surface area contributed by atoms with Crippen molar-refractivity contribution in [3.8, 4) is 0 Å². The second-order valence-electron chi connectivity index (χ2n) is 6.97. The minimum absolute atomic E-state index is 0.235. The first kappa shape index (κ1) is 15.9. The molecule has 0 atom stereocenters. The predicted molar refractivity (Wildman–Crippen MR) is 98.4 cm³/mol. The van der Waals surface area contributed by atoms with Crippen LogP contribution in [0.1, 0.15) is 34.6 Å². The Labute approximate surface area is 147 Å². The van der Waals surface area contributed by atoms with Gasteiger partial charge in [-0.1, -0.05) is 18.2 Å². The summed E-state index contributed by atoms with van der Waals surface area (Å²) in [6.07, 6.45) is 2.22. The lowest BCUT2D eigenvalue weighted by Gasteiger charge is -2.27. The molecule has 5 nitrogen and oxygen atoms in total. The number of aryl methyl sites for hydroxylation is 2. The van der Waals surface area contributed by atoms with Gasteiger partial charge in [0, 0.05) is 60.8 Å². The zero-order valence-electron chi connectivity index (χ0n) is 15.1. The van der Waals surface area contributed by atoms with E-state index in [0.29, 0.717) is 13.0 Å². The lowest BCUT2D eigenvalue weighted by atomic mass is 10.0. The molecule has 4 rings (SSSR count). The van der Waals surface area contributed by atoms with E-state index in [1.165, 1.54) is 27.7 Å². The highest BCUT2D eigenvalue weighted by Crippen LogP contribution is 2.28. The molecule has 1 aromatic carbocycles. The molecule has 2 aromatic heterocycles. The predicted octanol–water partition coefficient (Wildman–Crippen LogP) is 3.04. The van der Waals surface area contributed by atoms with E-state index in [-0.39, 0.29) is 5.91 Å². The summed E-state index contributed by atoms with van der Waals surface area (Å²) in [5.74, 6) is 0.235. The van der Waals surface area contributed by atoms with Gasteiger partial charge in [0.05, 0.1) is 5.69 Å². The monoisotopic (exact) mass is 336 g/mol. The fraction of sp³-hybridized carbons (Fsp3) is 0.400. The van der Waals surface area contributed by atoms with Crippen molar-refractivity contribution in [1.82, 2.24) is 19.7 Å². The van der Waals surface area contributed by atoms with E-state index in [1.807, 2.05) is 29.6 Å². The number of para-hydroxylation sites is 1. The molecule has 3 aromatic rings. The summed E-state index contributed by atoms with van der Waals surface area (Å²) in [6.45, 7) is 5.59. The number of carbonyl (C=O) groups is 1. The average Bonchev–Trinajstić information content (AvgIpc) is 3.10. The molecule has 130 valence electrons. The van der Waals surface area contributed by atoms with E-state index in [4.69, 9.17) is 0 Å². The Balaban J connectivity index is 1.48. The van der Waals surface area contributed by atoms with Gasteiger partial charge in [-0.25, -0.2) is 0 Å². The van der Waals surface area contributed by atoms with Crippen LogP contribution in [0.5, 0.6) is 0 Å². The van der Waals surface area contributed by atoms with E-state index in [0.717, 1.165) is 30.8 Å². The molecular formula is C20H24N4O.